The monoisotopic (exact) mass is 348 g/mol. The third kappa shape index (κ3) is 5.19. The fourth-order valence-electron chi connectivity index (χ4n) is 1.44. The van der Waals surface area contributed by atoms with E-state index in [1.165, 1.54) is 5.32 Å². The van der Waals surface area contributed by atoms with Gasteiger partial charge in [0.1, 0.15) is 17.0 Å². The fraction of sp³-hybridized carbons (Fsp3) is 0.300. The molecule has 1 rings (SSSR count). The molecule has 0 atom stereocenters. The number of hydrogen-bond acceptors (Lipinski definition) is 4. The molecule has 1 aromatic rings. The molecule has 0 saturated heterocycles. The van der Waals surface area contributed by atoms with Gasteiger partial charge >= 0.3 is 18.4 Å². The Balaban J connectivity index is 3.44. The number of anilines is 1. The topological polar surface area (TPSA) is 102 Å². The highest BCUT2D eigenvalue weighted by molar-refractivity contribution is 5.87. The molecular weight excluding hydrogens is 342 g/mol. The summed E-state index contributed by atoms with van der Waals surface area (Å²) in [5, 5.41) is 20.6. The maximum absolute atomic E-state index is 12.8. The first-order chi connectivity index (χ1) is 10.3. The fourth-order valence-corrected chi connectivity index (χ4v) is 1.44. The molecule has 2 N–H and O–H groups in total. The highest BCUT2D eigenvalue weighted by atomic mass is 19.4. The van der Waals surface area contributed by atoms with Crippen LogP contribution < -0.4 is 10.1 Å². The lowest BCUT2D eigenvalue weighted by molar-refractivity contribution is -0.384. The van der Waals surface area contributed by atoms with Crippen LogP contribution in [-0.4, -0.2) is 28.9 Å². The van der Waals surface area contributed by atoms with Gasteiger partial charge in [0.25, 0.3) is 5.69 Å². The van der Waals surface area contributed by atoms with Gasteiger partial charge in [0.2, 0.25) is 0 Å². The van der Waals surface area contributed by atoms with Gasteiger partial charge in [0.15, 0.2) is 6.61 Å². The molecule has 0 bridgehead atoms. The Labute approximate surface area is 122 Å². The molecule has 0 aliphatic heterocycles. The number of nitrogens with one attached hydrogen (secondary N) is 1. The number of nitro benzene ring substituents is 1. The number of ether oxygens (including phenoxy) is 1. The highest BCUT2D eigenvalue weighted by Gasteiger charge is 2.39. The molecule has 0 fully saturated rings. The van der Waals surface area contributed by atoms with E-state index in [4.69, 9.17) is 5.11 Å². The second kappa shape index (κ2) is 6.18. The lowest BCUT2D eigenvalue weighted by Gasteiger charge is -2.16. The summed E-state index contributed by atoms with van der Waals surface area (Å²) in [5.74, 6) is -1.40. The minimum atomic E-state index is -5.26. The summed E-state index contributed by atoms with van der Waals surface area (Å²) in [6.45, 7) is -2.10. The van der Waals surface area contributed by atoms with Gasteiger partial charge in [-0.3, -0.25) is 15.4 Å². The minimum Gasteiger partial charge on any atom is -0.483 e. The van der Waals surface area contributed by atoms with Crippen LogP contribution in [0.5, 0.6) is 5.75 Å². The smallest absolute Gasteiger partial charge is 0.422 e. The number of halogens is 6. The predicted molar refractivity (Wildman–Crippen MR) is 61.3 cm³/mol. The molecule has 0 aliphatic rings. The van der Waals surface area contributed by atoms with Crippen LogP contribution in [0.1, 0.15) is 5.56 Å². The van der Waals surface area contributed by atoms with Crippen molar-refractivity contribution in [1.82, 2.24) is 0 Å². The Morgan fingerprint density at radius 3 is 2.22 bits per heavy atom. The molecule has 1 aromatic carbocycles. The second-order valence-electron chi connectivity index (χ2n) is 3.95. The van der Waals surface area contributed by atoms with E-state index in [1.54, 1.807) is 0 Å². The summed E-state index contributed by atoms with van der Waals surface area (Å²) in [6, 6.07) is 0.0534. The van der Waals surface area contributed by atoms with E-state index < -0.39 is 52.7 Å². The van der Waals surface area contributed by atoms with Crippen molar-refractivity contribution < 1.29 is 45.9 Å². The Morgan fingerprint density at radius 2 is 1.83 bits per heavy atom. The summed E-state index contributed by atoms with van der Waals surface area (Å²) < 4.78 is 78.5. The van der Waals surface area contributed by atoms with Crippen molar-refractivity contribution in [2.75, 3.05) is 11.9 Å². The number of hydrogen-bond donors (Lipinski definition) is 2. The molecule has 0 spiro atoms. The normalized spacial score (nSPS) is 11.9. The lowest BCUT2D eigenvalue weighted by atomic mass is 10.1. The van der Waals surface area contributed by atoms with Gasteiger partial charge in [0, 0.05) is 12.1 Å². The molecule has 23 heavy (non-hydrogen) atoms. The van der Waals surface area contributed by atoms with Gasteiger partial charge < -0.3 is 9.84 Å². The maximum Gasteiger partial charge on any atom is 0.422 e. The highest BCUT2D eigenvalue weighted by Crippen LogP contribution is 2.42. The number of carbonyl (C=O) groups is 1. The number of rotatable bonds is 4. The van der Waals surface area contributed by atoms with Crippen LogP contribution in [0.4, 0.5) is 42.5 Å². The van der Waals surface area contributed by atoms with Crippen molar-refractivity contribution in [3.8, 4) is 5.75 Å². The van der Waals surface area contributed by atoms with Gasteiger partial charge in [-0.15, -0.1) is 0 Å². The summed E-state index contributed by atoms with van der Waals surface area (Å²) >= 11 is 0. The van der Waals surface area contributed by atoms with Crippen molar-refractivity contribution in [3.63, 3.8) is 0 Å². The summed E-state index contributed by atoms with van der Waals surface area (Å²) in [5.41, 5.74) is -4.10. The van der Waals surface area contributed by atoms with Crippen LogP contribution in [0, 0.1) is 10.1 Å². The number of nitro groups is 1. The molecule has 0 heterocycles. The number of carboxylic acid groups (broad SMARTS) is 1. The van der Waals surface area contributed by atoms with E-state index in [0.717, 1.165) is 0 Å². The van der Waals surface area contributed by atoms with Crippen LogP contribution >= 0.6 is 0 Å². The van der Waals surface area contributed by atoms with Crippen molar-refractivity contribution >= 4 is 17.5 Å². The van der Waals surface area contributed by atoms with Gasteiger partial charge in [-0.05, 0) is 0 Å². The standard InChI is InChI=1S/C10H6F6N2O5/c11-9(12,13)3-23-7-2-5(17-8(19)20)6(18(21)22)1-4(7)10(14,15)16/h1-2,17H,3H2,(H,19,20). The summed E-state index contributed by atoms with van der Waals surface area (Å²) in [4.78, 5) is 19.8. The van der Waals surface area contributed by atoms with Crippen LogP contribution in [-0.2, 0) is 6.18 Å². The molecule has 0 aromatic heterocycles. The van der Waals surface area contributed by atoms with E-state index in [1.807, 2.05) is 0 Å². The van der Waals surface area contributed by atoms with Gasteiger partial charge in [-0.1, -0.05) is 0 Å². The number of nitrogens with zero attached hydrogens (tertiary/aromatic N) is 1. The predicted octanol–water partition coefficient (Wildman–Crippen LogP) is 3.64. The first-order valence-electron chi connectivity index (χ1n) is 5.40. The third-order valence-corrected chi connectivity index (χ3v) is 2.23. The molecule has 128 valence electrons. The van der Waals surface area contributed by atoms with Crippen molar-refractivity contribution in [2.45, 2.75) is 12.4 Å². The van der Waals surface area contributed by atoms with Crippen molar-refractivity contribution in [1.29, 1.82) is 0 Å². The third-order valence-electron chi connectivity index (χ3n) is 2.23. The summed E-state index contributed by atoms with van der Waals surface area (Å²) in [7, 11) is 0. The number of benzene rings is 1. The maximum atomic E-state index is 12.8. The number of alkyl halides is 6. The SMILES string of the molecule is O=C(O)Nc1cc(OCC(F)(F)F)c(C(F)(F)F)cc1[N+](=O)[O-]. The van der Waals surface area contributed by atoms with Crippen LogP contribution in [0.15, 0.2) is 12.1 Å². The zero-order valence-corrected chi connectivity index (χ0v) is 10.7. The quantitative estimate of drug-likeness (QED) is 0.491. The minimum absolute atomic E-state index is 0.114. The largest absolute Gasteiger partial charge is 0.483 e. The molecule has 0 radical (unpaired) electrons. The van der Waals surface area contributed by atoms with E-state index in [0.29, 0.717) is 0 Å². The number of amides is 1. The van der Waals surface area contributed by atoms with E-state index in [2.05, 4.69) is 4.74 Å². The molecule has 0 aliphatic carbocycles. The Hall–Kier alpha value is -2.73. The van der Waals surface area contributed by atoms with Crippen LogP contribution in [0.25, 0.3) is 0 Å². The zero-order chi connectivity index (χ0) is 18.0. The Morgan fingerprint density at radius 1 is 1.26 bits per heavy atom. The van der Waals surface area contributed by atoms with E-state index in [9.17, 15) is 41.3 Å². The molecule has 0 unspecified atom stereocenters. The average Bonchev–Trinajstić information content (AvgIpc) is 2.32. The van der Waals surface area contributed by atoms with Gasteiger partial charge in [-0.25, -0.2) is 4.79 Å². The molecule has 13 heteroatoms. The second-order valence-corrected chi connectivity index (χ2v) is 3.95. The van der Waals surface area contributed by atoms with Crippen molar-refractivity contribution in [3.05, 3.63) is 27.8 Å². The van der Waals surface area contributed by atoms with E-state index in [-0.39, 0.29) is 12.1 Å². The molecule has 1 amide bonds. The molecule has 7 nitrogen and oxygen atoms in total. The van der Waals surface area contributed by atoms with Crippen LogP contribution in [0.2, 0.25) is 0 Å². The van der Waals surface area contributed by atoms with E-state index >= 15 is 0 Å². The van der Waals surface area contributed by atoms with Gasteiger partial charge in [0.05, 0.1) is 4.92 Å². The first-order valence-corrected chi connectivity index (χ1v) is 5.40. The van der Waals surface area contributed by atoms with Gasteiger partial charge in [-0.2, -0.15) is 26.3 Å². The Bertz CT molecular complexity index is 627. The zero-order valence-electron chi connectivity index (χ0n) is 10.7. The average molecular weight is 348 g/mol. The Kier molecular flexibility index (Phi) is 4.92. The van der Waals surface area contributed by atoms with Crippen LogP contribution in [0.3, 0.4) is 0 Å². The summed E-state index contributed by atoms with van der Waals surface area (Å²) in [6.07, 6.45) is -12.1. The van der Waals surface area contributed by atoms with Crippen molar-refractivity contribution in [2.24, 2.45) is 0 Å². The molecule has 0 saturated carbocycles. The molecular formula is C10H6F6N2O5. The first kappa shape index (κ1) is 18.3. The lowest BCUT2D eigenvalue weighted by Crippen LogP contribution is -2.21.